The molecule has 4 rings (SSSR count). The number of ether oxygens (including phenoxy) is 1. The highest BCUT2D eigenvalue weighted by Crippen LogP contribution is 2.34. The van der Waals surface area contributed by atoms with E-state index in [2.05, 4.69) is 4.98 Å². The Labute approximate surface area is 192 Å². The fourth-order valence-corrected chi connectivity index (χ4v) is 5.38. The van der Waals surface area contributed by atoms with Crippen molar-refractivity contribution in [1.29, 1.82) is 0 Å². The van der Waals surface area contributed by atoms with Gasteiger partial charge in [0.2, 0.25) is 0 Å². The minimum absolute atomic E-state index is 0.152. The molecule has 0 aliphatic rings. The third-order valence-corrected chi connectivity index (χ3v) is 7.48. The number of benzene rings is 3. The van der Waals surface area contributed by atoms with E-state index in [1.807, 2.05) is 6.07 Å². The van der Waals surface area contributed by atoms with Gasteiger partial charge in [0.1, 0.15) is 5.75 Å². The Bertz CT molecular complexity index is 1350. The van der Waals surface area contributed by atoms with Crippen LogP contribution in [0.25, 0.3) is 11.3 Å². The van der Waals surface area contributed by atoms with Gasteiger partial charge in [0, 0.05) is 16.7 Å². The van der Waals surface area contributed by atoms with Crippen molar-refractivity contribution in [2.24, 2.45) is 0 Å². The number of rotatable bonds is 6. The molecule has 0 bridgehead atoms. The van der Waals surface area contributed by atoms with E-state index in [0.717, 1.165) is 40.0 Å². The van der Waals surface area contributed by atoms with Crippen LogP contribution in [0.5, 0.6) is 5.75 Å². The molecule has 0 saturated heterocycles. The number of imidazole rings is 1. The maximum absolute atomic E-state index is 13.4. The second-order valence-corrected chi connectivity index (χ2v) is 9.73. The molecule has 33 heavy (non-hydrogen) atoms. The van der Waals surface area contributed by atoms with E-state index in [4.69, 9.17) is 4.74 Å². The Kier molecular flexibility index (Phi) is 6.22. The quantitative estimate of drug-likeness (QED) is 0.334. The molecule has 0 amide bonds. The van der Waals surface area contributed by atoms with E-state index in [-0.39, 0.29) is 10.1 Å². The van der Waals surface area contributed by atoms with Crippen LogP contribution in [0.2, 0.25) is 0 Å². The van der Waals surface area contributed by atoms with E-state index in [0.29, 0.717) is 21.9 Å². The van der Waals surface area contributed by atoms with Crippen molar-refractivity contribution in [3.63, 3.8) is 0 Å². The van der Waals surface area contributed by atoms with Gasteiger partial charge in [-0.3, -0.25) is 0 Å². The lowest BCUT2D eigenvalue weighted by Gasteiger charge is -2.11. The first-order valence-electron chi connectivity index (χ1n) is 9.58. The van der Waals surface area contributed by atoms with Gasteiger partial charge in [-0.25, -0.2) is 17.4 Å². The number of halogens is 3. The first-order valence-corrected chi connectivity index (χ1v) is 11.8. The maximum Gasteiger partial charge on any atom is 0.416 e. The molecule has 170 valence electrons. The van der Waals surface area contributed by atoms with E-state index < -0.39 is 21.8 Å². The molecule has 10 heteroatoms. The number of nitrogens with zero attached hydrogens (tertiary/aromatic N) is 2. The molecule has 0 radical (unpaired) electrons. The second kappa shape index (κ2) is 8.95. The van der Waals surface area contributed by atoms with Crippen molar-refractivity contribution in [2.75, 3.05) is 7.11 Å². The standard InChI is InChI=1S/C23H17F3N2O3S2/c1-31-18-9-11-19(12-10-18)32-22-27-21(16-5-3-2-4-6-16)15-28(22)33(29,30)20-13-7-17(8-14-20)23(24,25)26/h2-15H,1H3. The topological polar surface area (TPSA) is 61.2 Å². The summed E-state index contributed by atoms with van der Waals surface area (Å²) in [6.07, 6.45) is -3.19. The fraction of sp³-hybridized carbons (Fsp3) is 0.0870. The van der Waals surface area contributed by atoms with E-state index in [1.54, 1.807) is 48.5 Å². The summed E-state index contributed by atoms with van der Waals surface area (Å²) in [5.74, 6) is 0.644. The summed E-state index contributed by atoms with van der Waals surface area (Å²) in [4.78, 5) is 4.94. The number of methoxy groups -OCH3 is 1. The summed E-state index contributed by atoms with van der Waals surface area (Å²) < 4.78 is 71.6. The fourth-order valence-electron chi connectivity index (χ4n) is 3.01. The molecule has 0 fully saturated rings. The average molecular weight is 491 g/mol. The second-order valence-electron chi connectivity index (χ2n) is 6.88. The smallest absolute Gasteiger partial charge is 0.416 e. The summed E-state index contributed by atoms with van der Waals surface area (Å²) in [7, 11) is -2.67. The molecular weight excluding hydrogens is 473 g/mol. The Balaban J connectivity index is 1.78. The van der Waals surface area contributed by atoms with Crippen LogP contribution in [-0.4, -0.2) is 24.5 Å². The first-order chi connectivity index (χ1) is 15.7. The van der Waals surface area contributed by atoms with Crippen molar-refractivity contribution in [1.82, 2.24) is 8.96 Å². The average Bonchev–Trinajstić information content (AvgIpc) is 3.24. The summed E-state index contributed by atoms with van der Waals surface area (Å²) >= 11 is 1.11. The zero-order valence-corrected chi connectivity index (χ0v) is 18.8. The lowest BCUT2D eigenvalue weighted by atomic mass is 10.2. The molecule has 0 saturated carbocycles. The van der Waals surface area contributed by atoms with E-state index >= 15 is 0 Å². The lowest BCUT2D eigenvalue weighted by Crippen LogP contribution is -2.14. The number of hydrogen-bond donors (Lipinski definition) is 0. The summed E-state index contributed by atoms with van der Waals surface area (Å²) in [5.41, 5.74) is 0.197. The predicted octanol–water partition coefficient (Wildman–Crippen LogP) is 5.97. The molecule has 5 nitrogen and oxygen atoms in total. The number of alkyl halides is 3. The molecule has 1 heterocycles. The zero-order valence-electron chi connectivity index (χ0n) is 17.2. The van der Waals surface area contributed by atoms with Gasteiger partial charge in [0.25, 0.3) is 10.0 Å². The number of hydrogen-bond acceptors (Lipinski definition) is 5. The van der Waals surface area contributed by atoms with Crippen LogP contribution in [0, 0.1) is 0 Å². The summed E-state index contributed by atoms with van der Waals surface area (Å²) in [6.45, 7) is 0. The van der Waals surface area contributed by atoms with Gasteiger partial charge in [-0.2, -0.15) is 13.2 Å². The van der Waals surface area contributed by atoms with Gasteiger partial charge in [-0.1, -0.05) is 42.1 Å². The van der Waals surface area contributed by atoms with Crippen molar-refractivity contribution in [3.8, 4) is 17.0 Å². The highest BCUT2D eigenvalue weighted by molar-refractivity contribution is 8.00. The molecule has 0 unspecified atom stereocenters. The van der Waals surface area contributed by atoms with Crippen LogP contribution in [-0.2, 0) is 16.2 Å². The van der Waals surface area contributed by atoms with Gasteiger partial charge in [-0.15, -0.1) is 0 Å². The zero-order chi connectivity index (χ0) is 23.6. The van der Waals surface area contributed by atoms with Gasteiger partial charge >= 0.3 is 6.18 Å². The monoisotopic (exact) mass is 490 g/mol. The minimum atomic E-state index is -4.56. The molecule has 0 atom stereocenters. The van der Waals surface area contributed by atoms with Crippen molar-refractivity contribution in [3.05, 3.63) is 90.6 Å². The highest BCUT2D eigenvalue weighted by Gasteiger charge is 2.31. The molecule has 3 aromatic carbocycles. The van der Waals surface area contributed by atoms with Crippen LogP contribution in [0.1, 0.15) is 5.56 Å². The molecule has 0 aliphatic carbocycles. The first kappa shape index (κ1) is 22.9. The Morgan fingerprint density at radius 2 is 1.55 bits per heavy atom. The largest absolute Gasteiger partial charge is 0.497 e. The third kappa shape index (κ3) is 4.91. The molecule has 0 spiro atoms. The summed E-state index contributed by atoms with van der Waals surface area (Å²) in [6, 6.07) is 19.4. The van der Waals surface area contributed by atoms with Crippen LogP contribution >= 0.6 is 11.8 Å². The van der Waals surface area contributed by atoms with Gasteiger partial charge in [0.05, 0.1) is 23.3 Å². The van der Waals surface area contributed by atoms with E-state index in [1.165, 1.54) is 13.3 Å². The molecular formula is C23H17F3N2O3S2. The third-order valence-electron chi connectivity index (χ3n) is 4.72. The molecule has 0 aliphatic heterocycles. The number of aromatic nitrogens is 2. The van der Waals surface area contributed by atoms with Gasteiger partial charge < -0.3 is 4.74 Å². The van der Waals surface area contributed by atoms with Crippen molar-refractivity contribution in [2.45, 2.75) is 21.1 Å². The normalized spacial score (nSPS) is 12.0. The van der Waals surface area contributed by atoms with Gasteiger partial charge in [0.15, 0.2) is 5.16 Å². The summed E-state index contributed by atoms with van der Waals surface area (Å²) in [5, 5.41) is 0.152. The Morgan fingerprint density at radius 1 is 0.909 bits per heavy atom. The lowest BCUT2D eigenvalue weighted by molar-refractivity contribution is -0.137. The van der Waals surface area contributed by atoms with E-state index in [9.17, 15) is 21.6 Å². The van der Waals surface area contributed by atoms with Crippen molar-refractivity contribution < 1.29 is 26.3 Å². The van der Waals surface area contributed by atoms with Crippen LogP contribution in [0.3, 0.4) is 0 Å². The minimum Gasteiger partial charge on any atom is -0.497 e. The predicted molar refractivity (Wildman–Crippen MR) is 119 cm³/mol. The highest BCUT2D eigenvalue weighted by atomic mass is 32.2. The molecule has 4 aromatic rings. The van der Waals surface area contributed by atoms with Crippen molar-refractivity contribution >= 4 is 21.8 Å². The SMILES string of the molecule is COc1ccc(Sc2nc(-c3ccccc3)cn2S(=O)(=O)c2ccc(C(F)(F)F)cc2)cc1. The van der Waals surface area contributed by atoms with Gasteiger partial charge in [-0.05, 0) is 48.5 Å². The van der Waals surface area contributed by atoms with Crippen LogP contribution in [0.15, 0.2) is 100 Å². The Hall–Kier alpha value is -3.24. The Morgan fingerprint density at radius 3 is 2.12 bits per heavy atom. The molecule has 0 N–H and O–H groups in total. The molecule has 1 aromatic heterocycles. The van der Waals surface area contributed by atoms with Crippen LogP contribution in [0.4, 0.5) is 13.2 Å². The maximum atomic E-state index is 13.4. The van der Waals surface area contributed by atoms with Crippen LogP contribution < -0.4 is 4.74 Å².